The number of carbonyl (C=O) groups excluding carboxylic acids is 2. The summed E-state index contributed by atoms with van der Waals surface area (Å²) >= 11 is 0. The van der Waals surface area contributed by atoms with Crippen LogP contribution in [-0.4, -0.2) is 51.2 Å². The molecule has 1 N–H and O–H groups in total. The summed E-state index contributed by atoms with van der Waals surface area (Å²) in [5.41, 5.74) is 1.51. The van der Waals surface area contributed by atoms with E-state index in [-0.39, 0.29) is 36.5 Å². The molecule has 2 aromatic carbocycles. The molecule has 0 aliphatic carbocycles. The molecule has 1 aliphatic rings. The molecule has 0 aromatic heterocycles. The number of amides is 1. The lowest BCUT2D eigenvalue weighted by molar-refractivity contribution is -0.256. The molecule has 0 bridgehead atoms. The first-order valence-electron chi connectivity index (χ1n) is 10.3. The minimum Gasteiger partial charge on any atom is -0.463 e. The van der Waals surface area contributed by atoms with Gasteiger partial charge in [0.1, 0.15) is 12.7 Å². The van der Waals surface area contributed by atoms with E-state index in [9.17, 15) is 9.59 Å². The van der Waals surface area contributed by atoms with Crippen molar-refractivity contribution in [3.63, 3.8) is 0 Å². The lowest BCUT2D eigenvalue weighted by Gasteiger charge is -2.43. The number of nitrogens with one attached hydrogen (secondary N) is 1. The van der Waals surface area contributed by atoms with Gasteiger partial charge >= 0.3 is 5.97 Å². The van der Waals surface area contributed by atoms with E-state index in [2.05, 4.69) is 5.32 Å². The highest BCUT2D eigenvalue weighted by molar-refractivity contribution is 5.94. The van der Waals surface area contributed by atoms with E-state index >= 15 is 0 Å². The van der Waals surface area contributed by atoms with Crippen molar-refractivity contribution in [3.05, 3.63) is 71.8 Å². The van der Waals surface area contributed by atoms with Crippen LogP contribution in [0.2, 0.25) is 0 Å². The second kappa shape index (κ2) is 11.0. The molecule has 0 saturated carbocycles. The third-order valence-electron chi connectivity index (χ3n) is 5.47. The van der Waals surface area contributed by atoms with Gasteiger partial charge in [-0.3, -0.25) is 9.59 Å². The van der Waals surface area contributed by atoms with Crippen molar-refractivity contribution in [3.8, 4) is 0 Å². The zero-order valence-corrected chi connectivity index (χ0v) is 18.0. The van der Waals surface area contributed by atoms with Crippen LogP contribution in [0.15, 0.2) is 60.7 Å². The average molecular weight is 427 g/mol. The van der Waals surface area contributed by atoms with Gasteiger partial charge in [0, 0.05) is 32.6 Å². The number of benzene rings is 2. The van der Waals surface area contributed by atoms with E-state index in [0.717, 1.165) is 5.56 Å². The van der Waals surface area contributed by atoms with E-state index in [1.807, 2.05) is 48.5 Å². The monoisotopic (exact) mass is 427 g/mol. The summed E-state index contributed by atoms with van der Waals surface area (Å²) < 4.78 is 22.6. The van der Waals surface area contributed by atoms with Crippen molar-refractivity contribution in [2.75, 3.05) is 20.8 Å². The Morgan fingerprint density at radius 3 is 2.26 bits per heavy atom. The Kier molecular flexibility index (Phi) is 8.17. The minimum atomic E-state index is -0.617. The van der Waals surface area contributed by atoms with Crippen molar-refractivity contribution in [2.45, 2.75) is 37.9 Å². The zero-order chi connectivity index (χ0) is 22.2. The molecule has 7 heteroatoms. The van der Waals surface area contributed by atoms with E-state index in [0.29, 0.717) is 12.0 Å². The molecule has 1 amide bonds. The topological polar surface area (TPSA) is 83.1 Å². The highest BCUT2D eigenvalue weighted by Gasteiger charge is 2.43. The molecule has 7 nitrogen and oxygen atoms in total. The van der Waals surface area contributed by atoms with Crippen LogP contribution in [0, 0.1) is 5.92 Å². The third kappa shape index (κ3) is 5.91. The predicted octanol–water partition coefficient (Wildman–Crippen LogP) is 3.11. The predicted molar refractivity (Wildman–Crippen MR) is 114 cm³/mol. The van der Waals surface area contributed by atoms with Gasteiger partial charge in [-0.15, -0.1) is 0 Å². The molecular formula is C24H29NO6. The van der Waals surface area contributed by atoms with Crippen LogP contribution in [0.4, 0.5) is 0 Å². The van der Waals surface area contributed by atoms with Crippen LogP contribution >= 0.6 is 0 Å². The van der Waals surface area contributed by atoms with Crippen LogP contribution in [-0.2, 0) is 23.7 Å². The maximum Gasteiger partial charge on any atom is 0.302 e. The molecule has 5 atom stereocenters. The van der Waals surface area contributed by atoms with Crippen LogP contribution in [0.25, 0.3) is 0 Å². The highest BCUT2D eigenvalue weighted by atomic mass is 16.7. The quantitative estimate of drug-likeness (QED) is 0.652. The molecule has 2 aromatic rings. The lowest BCUT2D eigenvalue weighted by Crippen LogP contribution is -2.52. The summed E-state index contributed by atoms with van der Waals surface area (Å²) in [5.74, 6) is -0.786. The van der Waals surface area contributed by atoms with Gasteiger partial charge in [0.15, 0.2) is 6.29 Å². The van der Waals surface area contributed by atoms with Crippen molar-refractivity contribution >= 4 is 11.9 Å². The fraction of sp³-hybridized carbons (Fsp3) is 0.417. The maximum atomic E-state index is 13.0. The number of ether oxygens (including phenoxy) is 4. The SMILES string of the molecule is CO[C@@H]1O[C@H](COC(C)=O)[C@@H](OC)C[C@H]1[C@H](NC(=O)c1ccccc1)c1ccccc1. The van der Waals surface area contributed by atoms with Crippen LogP contribution in [0.1, 0.15) is 35.3 Å². The van der Waals surface area contributed by atoms with Crippen LogP contribution < -0.4 is 5.32 Å². The van der Waals surface area contributed by atoms with Gasteiger partial charge in [-0.25, -0.2) is 0 Å². The first-order valence-corrected chi connectivity index (χ1v) is 10.3. The smallest absolute Gasteiger partial charge is 0.302 e. The zero-order valence-electron chi connectivity index (χ0n) is 18.0. The van der Waals surface area contributed by atoms with Gasteiger partial charge in [0.05, 0.1) is 12.1 Å². The molecule has 0 radical (unpaired) electrons. The van der Waals surface area contributed by atoms with Gasteiger partial charge in [-0.2, -0.15) is 0 Å². The summed E-state index contributed by atoms with van der Waals surface area (Å²) in [4.78, 5) is 24.2. The summed E-state index contributed by atoms with van der Waals surface area (Å²) in [6, 6.07) is 18.4. The van der Waals surface area contributed by atoms with Gasteiger partial charge in [-0.1, -0.05) is 48.5 Å². The fourth-order valence-electron chi connectivity index (χ4n) is 3.92. The van der Waals surface area contributed by atoms with E-state index < -0.39 is 12.4 Å². The van der Waals surface area contributed by atoms with Gasteiger partial charge in [0.25, 0.3) is 5.91 Å². The number of methoxy groups -OCH3 is 2. The molecule has 1 saturated heterocycles. The standard InChI is InChI=1S/C24H29NO6/c1-16(26)30-15-21-20(28-2)14-19(24(29-3)31-21)22(17-10-6-4-7-11-17)25-23(27)18-12-8-5-9-13-18/h4-13,19-22,24H,14-15H2,1-3H3,(H,25,27)/t19-,20-,21+,22+,24+/m0/s1. The minimum absolute atomic E-state index is 0.0762. The van der Waals surface area contributed by atoms with Gasteiger partial charge < -0.3 is 24.3 Å². The van der Waals surface area contributed by atoms with Crippen molar-refractivity contribution in [1.29, 1.82) is 0 Å². The third-order valence-corrected chi connectivity index (χ3v) is 5.47. The number of hydrogen-bond acceptors (Lipinski definition) is 6. The normalized spacial score (nSPS) is 24.2. The Balaban J connectivity index is 1.86. The summed E-state index contributed by atoms with van der Waals surface area (Å²) in [6.07, 6.45) is -0.851. The molecule has 31 heavy (non-hydrogen) atoms. The Morgan fingerprint density at radius 1 is 1.03 bits per heavy atom. The first-order chi connectivity index (χ1) is 15.0. The number of esters is 1. The molecule has 1 fully saturated rings. The number of carbonyl (C=O) groups is 2. The second-order valence-electron chi connectivity index (χ2n) is 7.48. The fourth-order valence-corrected chi connectivity index (χ4v) is 3.92. The molecule has 1 heterocycles. The number of rotatable bonds is 8. The first kappa shape index (κ1) is 22.9. The molecule has 1 aliphatic heterocycles. The molecule has 166 valence electrons. The molecule has 0 unspecified atom stereocenters. The average Bonchev–Trinajstić information content (AvgIpc) is 2.81. The summed E-state index contributed by atoms with van der Waals surface area (Å²) in [6.45, 7) is 1.43. The van der Waals surface area contributed by atoms with Crippen LogP contribution in [0.5, 0.6) is 0 Å². The highest BCUT2D eigenvalue weighted by Crippen LogP contribution is 2.37. The molecule has 3 rings (SSSR count). The Hall–Kier alpha value is -2.74. The van der Waals surface area contributed by atoms with Crippen molar-refractivity contribution < 1.29 is 28.5 Å². The lowest BCUT2D eigenvalue weighted by atomic mass is 9.84. The Morgan fingerprint density at radius 2 is 1.68 bits per heavy atom. The van der Waals surface area contributed by atoms with Crippen molar-refractivity contribution in [2.24, 2.45) is 5.92 Å². The van der Waals surface area contributed by atoms with E-state index in [1.165, 1.54) is 6.92 Å². The largest absolute Gasteiger partial charge is 0.463 e. The second-order valence-corrected chi connectivity index (χ2v) is 7.48. The van der Waals surface area contributed by atoms with Gasteiger partial charge in [-0.05, 0) is 24.1 Å². The molecule has 0 spiro atoms. The number of hydrogen-bond donors (Lipinski definition) is 1. The van der Waals surface area contributed by atoms with Crippen LogP contribution in [0.3, 0.4) is 0 Å². The van der Waals surface area contributed by atoms with E-state index in [4.69, 9.17) is 18.9 Å². The van der Waals surface area contributed by atoms with Crippen molar-refractivity contribution in [1.82, 2.24) is 5.32 Å². The summed E-state index contributed by atoms with van der Waals surface area (Å²) in [5, 5.41) is 3.15. The van der Waals surface area contributed by atoms with Gasteiger partial charge in [0.2, 0.25) is 0 Å². The maximum absolute atomic E-state index is 13.0. The Labute approximate surface area is 182 Å². The van der Waals surface area contributed by atoms with E-state index in [1.54, 1.807) is 26.4 Å². The molecular weight excluding hydrogens is 398 g/mol. The Bertz CT molecular complexity index is 844. The summed E-state index contributed by atoms with van der Waals surface area (Å²) in [7, 11) is 3.16.